The van der Waals surface area contributed by atoms with Crippen molar-refractivity contribution in [2.24, 2.45) is 0 Å². The van der Waals surface area contributed by atoms with Gasteiger partial charge in [0.1, 0.15) is 5.82 Å². The summed E-state index contributed by atoms with van der Waals surface area (Å²) in [6.45, 7) is 0. The molecule has 3 heterocycles. The van der Waals surface area contributed by atoms with E-state index >= 15 is 0 Å². The summed E-state index contributed by atoms with van der Waals surface area (Å²) in [4.78, 5) is 20.2. The number of nitrogens with one attached hydrogen (secondary N) is 2. The number of aromatic nitrogens is 4. The molecule has 0 saturated heterocycles. The van der Waals surface area contributed by atoms with Gasteiger partial charge in [-0.1, -0.05) is 0 Å². The summed E-state index contributed by atoms with van der Waals surface area (Å²) < 4.78 is 0. The normalized spacial score (nSPS) is 10.8. The molecule has 0 radical (unpaired) electrons. The predicted molar refractivity (Wildman–Crippen MR) is 78.4 cm³/mol. The van der Waals surface area contributed by atoms with E-state index in [0.717, 1.165) is 15.4 Å². The van der Waals surface area contributed by atoms with Gasteiger partial charge in [0.15, 0.2) is 0 Å². The summed E-state index contributed by atoms with van der Waals surface area (Å²) in [5.41, 5.74) is 12.3. The maximum Gasteiger partial charge on any atom is 0.257 e. The zero-order valence-electron chi connectivity index (χ0n) is 10.4. The standard InChI is InChI=1S/C12H12N6OS/c13-10-7(11(19)17-12(14)16-10)5-6-1-2-9(20-6)8-3-4-15-18-8/h1-4H,5H2,(H,15,18)(H5,13,14,16,17,19). The van der Waals surface area contributed by atoms with Crippen molar-refractivity contribution in [2.75, 3.05) is 11.5 Å². The van der Waals surface area contributed by atoms with Crippen molar-refractivity contribution in [3.05, 3.63) is 45.2 Å². The second kappa shape index (κ2) is 4.82. The van der Waals surface area contributed by atoms with Crippen LogP contribution in [0.25, 0.3) is 10.6 Å². The van der Waals surface area contributed by atoms with E-state index in [1.165, 1.54) is 0 Å². The Morgan fingerprint density at radius 2 is 2.10 bits per heavy atom. The molecule has 0 spiro atoms. The third kappa shape index (κ3) is 2.28. The molecule has 0 bridgehead atoms. The molecule has 20 heavy (non-hydrogen) atoms. The van der Waals surface area contributed by atoms with Gasteiger partial charge >= 0.3 is 0 Å². The number of hydrogen-bond donors (Lipinski definition) is 4. The highest BCUT2D eigenvalue weighted by molar-refractivity contribution is 7.15. The zero-order valence-corrected chi connectivity index (χ0v) is 11.2. The number of H-pyrrole nitrogens is 2. The van der Waals surface area contributed by atoms with Gasteiger partial charge in [0, 0.05) is 17.5 Å². The van der Waals surface area contributed by atoms with Crippen molar-refractivity contribution in [1.82, 2.24) is 20.2 Å². The topological polar surface area (TPSA) is 126 Å². The largest absolute Gasteiger partial charge is 0.383 e. The molecule has 8 heteroatoms. The molecule has 0 amide bonds. The number of rotatable bonds is 3. The number of aromatic amines is 2. The van der Waals surface area contributed by atoms with Crippen molar-refractivity contribution < 1.29 is 0 Å². The molecule has 3 aromatic rings. The van der Waals surface area contributed by atoms with Crippen molar-refractivity contribution >= 4 is 23.1 Å². The first-order chi connectivity index (χ1) is 9.63. The third-order valence-electron chi connectivity index (χ3n) is 2.84. The van der Waals surface area contributed by atoms with Gasteiger partial charge < -0.3 is 11.5 Å². The van der Waals surface area contributed by atoms with Crippen LogP contribution >= 0.6 is 11.3 Å². The molecule has 0 unspecified atom stereocenters. The minimum absolute atomic E-state index is 0.0283. The van der Waals surface area contributed by atoms with E-state index in [4.69, 9.17) is 11.5 Å². The molecule has 0 aliphatic rings. The number of hydrogen-bond acceptors (Lipinski definition) is 6. The number of nitrogens with two attached hydrogens (primary N) is 2. The van der Waals surface area contributed by atoms with E-state index < -0.39 is 0 Å². The molecular formula is C12H12N6OS. The fourth-order valence-electron chi connectivity index (χ4n) is 1.89. The lowest BCUT2D eigenvalue weighted by Crippen LogP contribution is -2.19. The predicted octanol–water partition coefficient (Wildman–Crippen LogP) is 0.977. The smallest absolute Gasteiger partial charge is 0.257 e. The maximum absolute atomic E-state index is 11.8. The highest BCUT2D eigenvalue weighted by Gasteiger charge is 2.11. The van der Waals surface area contributed by atoms with Crippen LogP contribution in [-0.4, -0.2) is 20.2 Å². The molecule has 6 N–H and O–H groups in total. The number of nitrogens with zero attached hydrogens (tertiary/aromatic N) is 2. The van der Waals surface area contributed by atoms with Gasteiger partial charge in [-0.3, -0.25) is 14.9 Å². The van der Waals surface area contributed by atoms with E-state index in [0.29, 0.717) is 12.0 Å². The molecule has 0 aliphatic heterocycles. The fourth-order valence-corrected chi connectivity index (χ4v) is 2.88. The summed E-state index contributed by atoms with van der Waals surface area (Å²) in [5.74, 6) is 0.198. The van der Waals surface area contributed by atoms with Crippen molar-refractivity contribution in [1.29, 1.82) is 0 Å². The van der Waals surface area contributed by atoms with E-state index in [-0.39, 0.29) is 17.3 Å². The lowest BCUT2D eigenvalue weighted by atomic mass is 10.2. The van der Waals surface area contributed by atoms with Gasteiger partial charge in [-0.2, -0.15) is 10.1 Å². The molecule has 7 nitrogen and oxygen atoms in total. The van der Waals surface area contributed by atoms with Crippen LogP contribution in [0.2, 0.25) is 0 Å². The van der Waals surface area contributed by atoms with Crippen LogP contribution in [0.4, 0.5) is 11.8 Å². The number of nitrogen functional groups attached to an aromatic ring is 2. The second-order valence-electron chi connectivity index (χ2n) is 4.23. The van der Waals surface area contributed by atoms with E-state index in [2.05, 4.69) is 20.2 Å². The van der Waals surface area contributed by atoms with Gasteiger partial charge in [0.25, 0.3) is 5.56 Å². The Balaban J connectivity index is 1.91. The molecule has 0 saturated carbocycles. The minimum Gasteiger partial charge on any atom is -0.383 e. The van der Waals surface area contributed by atoms with Crippen LogP contribution in [0, 0.1) is 0 Å². The molecule has 3 rings (SSSR count). The van der Waals surface area contributed by atoms with Crippen LogP contribution < -0.4 is 17.0 Å². The van der Waals surface area contributed by atoms with Crippen LogP contribution in [0.5, 0.6) is 0 Å². The summed E-state index contributed by atoms with van der Waals surface area (Å²) in [5, 5.41) is 6.81. The maximum atomic E-state index is 11.8. The molecule has 102 valence electrons. The summed E-state index contributed by atoms with van der Waals surface area (Å²) in [6.07, 6.45) is 2.12. The lowest BCUT2D eigenvalue weighted by Gasteiger charge is -2.02. The third-order valence-corrected chi connectivity index (χ3v) is 3.96. The molecule has 0 atom stereocenters. The molecular weight excluding hydrogens is 276 g/mol. The van der Waals surface area contributed by atoms with Crippen molar-refractivity contribution in [3.8, 4) is 10.6 Å². The molecule has 0 aromatic carbocycles. The quantitative estimate of drug-likeness (QED) is 0.571. The average molecular weight is 288 g/mol. The Hall–Kier alpha value is -2.61. The van der Waals surface area contributed by atoms with E-state index in [9.17, 15) is 4.79 Å². The van der Waals surface area contributed by atoms with E-state index in [1.807, 2.05) is 18.2 Å². The van der Waals surface area contributed by atoms with Crippen LogP contribution in [-0.2, 0) is 6.42 Å². The van der Waals surface area contributed by atoms with Crippen LogP contribution in [0.15, 0.2) is 29.2 Å². The Bertz CT molecular complexity index is 789. The highest BCUT2D eigenvalue weighted by atomic mass is 32.1. The monoisotopic (exact) mass is 288 g/mol. The zero-order chi connectivity index (χ0) is 14.1. The molecule has 0 aliphatic carbocycles. The van der Waals surface area contributed by atoms with Gasteiger partial charge in [0.05, 0.1) is 16.1 Å². The van der Waals surface area contributed by atoms with Crippen molar-refractivity contribution in [3.63, 3.8) is 0 Å². The van der Waals surface area contributed by atoms with Gasteiger partial charge in [0.2, 0.25) is 5.95 Å². The second-order valence-corrected chi connectivity index (χ2v) is 5.40. The first kappa shape index (κ1) is 12.4. The summed E-state index contributed by atoms with van der Waals surface area (Å²) >= 11 is 1.57. The first-order valence-electron chi connectivity index (χ1n) is 5.86. The fraction of sp³-hybridized carbons (Fsp3) is 0.0833. The summed E-state index contributed by atoms with van der Waals surface area (Å²) in [6, 6.07) is 5.82. The number of thiophene rings is 1. The Labute approximate surface area is 117 Å². The number of anilines is 2. The average Bonchev–Trinajstić information content (AvgIpc) is 3.04. The van der Waals surface area contributed by atoms with E-state index in [1.54, 1.807) is 17.5 Å². The highest BCUT2D eigenvalue weighted by Crippen LogP contribution is 2.27. The Morgan fingerprint density at radius 1 is 1.25 bits per heavy atom. The minimum atomic E-state index is -0.300. The van der Waals surface area contributed by atoms with Gasteiger partial charge in [-0.05, 0) is 18.2 Å². The summed E-state index contributed by atoms with van der Waals surface area (Å²) in [7, 11) is 0. The Kier molecular flexibility index (Phi) is 2.99. The molecule has 0 fully saturated rings. The molecule has 3 aromatic heterocycles. The van der Waals surface area contributed by atoms with Gasteiger partial charge in [-0.15, -0.1) is 11.3 Å². The van der Waals surface area contributed by atoms with Crippen LogP contribution in [0.3, 0.4) is 0 Å². The van der Waals surface area contributed by atoms with Gasteiger partial charge in [-0.25, -0.2) is 0 Å². The Morgan fingerprint density at radius 3 is 2.80 bits per heavy atom. The first-order valence-corrected chi connectivity index (χ1v) is 6.68. The van der Waals surface area contributed by atoms with Crippen molar-refractivity contribution in [2.45, 2.75) is 6.42 Å². The van der Waals surface area contributed by atoms with Crippen LogP contribution in [0.1, 0.15) is 10.4 Å². The SMILES string of the molecule is Nc1nc(N)c(Cc2ccc(-c3ccn[nH]3)s2)c(=O)[nH]1. The lowest BCUT2D eigenvalue weighted by molar-refractivity contribution is 1.06.